The maximum atomic E-state index is 12.1. The number of nitrogens with zero attached hydrogens (tertiary/aromatic N) is 2. The second kappa shape index (κ2) is 5.42. The Labute approximate surface area is 108 Å². The van der Waals surface area contributed by atoms with Crippen LogP contribution >= 0.6 is 0 Å². The molecule has 1 fully saturated rings. The third-order valence-electron chi connectivity index (χ3n) is 3.68. The van der Waals surface area contributed by atoms with Gasteiger partial charge in [0.15, 0.2) is 0 Å². The summed E-state index contributed by atoms with van der Waals surface area (Å²) in [5.41, 5.74) is 6.61. The van der Waals surface area contributed by atoms with Gasteiger partial charge in [0, 0.05) is 17.8 Å². The molecule has 1 aromatic rings. The summed E-state index contributed by atoms with van der Waals surface area (Å²) in [6, 6.07) is 0.0330. The van der Waals surface area contributed by atoms with Crippen LogP contribution in [0.2, 0.25) is 0 Å². The molecule has 0 saturated heterocycles. The molecule has 5 nitrogen and oxygen atoms in total. The molecule has 18 heavy (non-hydrogen) atoms. The number of carbonyl (C=O) groups excluding carboxylic acids is 1. The number of hydrogen-bond acceptors (Lipinski definition) is 3. The van der Waals surface area contributed by atoms with Gasteiger partial charge in [0.2, 0.25) is 5.91 Å². The Morgan fingerprint density at radius 3 is 2.72 bits per heavy atom. The molecule has 1 aromatic heterocycles. The Hall–Kier alpha value is -1.52. The molecule has 0 spiro atoms. The number of hydrogen-bond donors (Lipinski definition) is 2. The molecule has 2 rings (SSSR count). The van der Waals surface area contributed by atoms with E-state index in [1.165, 1.54) is 19.3 Å². The molecule has 1 aliphatic carbocycles. The third kappa shape index (κ3) is 2.83. The van der Waals surface area contributed by atoms with Crippen molar-refractivity contribution in [1.29, 1.82) is 0 Å². The predicted octanol–water partition coefficient (Wildman–Crippen LogP) is 1.78. The quantitative estimate of drug-likeness (QED) is 0.859. The molecule has 0 radical (unpaired) electrons. The van der Waals surface area contributed by atoms with Gasteiger partial charge in [-0.15, -0.1) is 0 Å². The van der Waals surface area contributed by atoms with Crippen molar-refractivity contribution >= 4 is 11.7 Å². The number of rotatable bonds is 3. The average Bonchev–Trinajstić information content (AvgIpc) is 2.70. The molecule has 1 heterocycles. The van der Waals surface area contributed by atoms with E-state index >= 15 is 0 Å². The Kier molecular flexibility index (Phi) is 3.89. The van der Waals surface area contributed by atoms with Crippen molar-refractivity contribution in [3.05, 3.63) is 11.8 Å². The van der Waals surface area contributed by atoms with Crippen LogP contribution < -0.4 is 11.1 Å². The minimum atomic E-state index is -0.303. The van der Waals surface area contributed by atoms with Crippen molar-refractivity contribution in [1.82, 2.24) is 15.1 Å². The summed E-state index contributed by atoms with van der Waals surface area (Å²) < 4.78 is 1.64. The number of nitrogens with two attached hydrogens (primary N) is 1. The molecular weight excluding hydrogens is 228 g/mol. The number of aromatic nitrogens is 2. The van der Waals surface area contributed by atoms with Crippen molar-refractivity contribution in [3.63, 3.8) is 0 Å². The summed E-state index contributed by atoms with van der Waals surface area (Å²) >= 11 is 0. The molecule has 1 unspecified atom stereocenters. The van der Waals surface area contributed by atoms with E-state index < -0.39 is 0 Å². The summed E-state index contributed by atoms with van der Waals surface area (Å²) in [6.07, 6.45) is 7.73. The Morgan fingerprint density at radius 2 is 2.17 bits per heavy atom. The monoisotopic (exact) mass is 250 g/mol. The third-order valence-corrected chi connectivity index (χ3v) is 3.68. The van der Waals surface area contributed by atoms with Crippen molar-refractivity contribution in [2.24, 2.45) is 0 Å². The Balaban J connectivity index is 1.95. The normalized spacial score (nSPS) is 18.6. The van der Waals surface area contributed by atoms with Gasteiger partial charge in [-0.05, 0) is 26.7 Å². The summed E-state index contributed by atoms with van der Waals surface area (Å²) in [5, 5.41) is 7.26. The number of amides is 1. The van der Waals surface area contributed by atoms with Crippen LogP contribution in [0.3, 0.4) is 0 Å². The molecule has 0 bridgehead atoms. The summed E-state index contributed by atoms with van der Waals surface area (Å²) in [5.74, 6) is 0.525. The first-order chi connectivity index (χ1) is 8.58. The molecule has 5 heteroatoms. The minimum absolute atomic E-state index is 0.0319. The molecule has 1 aliphatic rings. The van der Waals surface area contributed by atoms with E-state index in [2.05, 4.69) is 10.4 Å². The maximum absolute atomic E-state index is 12.1. The van der Waals surface area contributed by atoms with Gasteiger partial charge in [-0.2, -0.15) is 5.10 Å². The van der Waals surface area contributed by atoms with E-state index in [-0.39, 0.29) is 11.9 Å². The zero-order valence-electron chi connectivity index (χ0n) is 11.1. The van der Waals surface area contributed by atoms with Gasteiger partial charge in [-0.1, -0.05) is 19.3 Å². The Morgan fingerprint density at radius 1 is 1.50 bits per heavy atom. The molecule has 3 N–H and O–H groups in total. The summed E-state index contributed by atoms with van der Waals surface area (Å²) in [4.78, 5) is 12.1. The SMILES string of the molecule is Cc1cn(C(C)C(=O)NC2CCCCC2)nc1N. The van der Waals surface area contributed by atoms with Crippen molar-refractivity contribution in [2.75, 3.05) is 5.73 Å². The first-order valence-electron chi connectivity index (χ1n) is 6.69. The predicted molar refractivity (Wildman–Crippen MR) is 71.1 cm³/mol. The largest absolute Gasteiger partial charge is 0.382 e. The highest BCUT2D eigenvalue weighted by molar-refractivity contribution is 5.80. The first-order valence-corrected chi connectivity index (χ1v) is 6.69. The van der Waals surface area contributed by atoms with Gasteiger partial charge in [0.1, 0.15) is 11.9 Å². The fourth-order valence-electron chi connectivity index (χ4n) is 2.38. The van der Waals surface area contributed by atoms with Crippen LogP contribution in [-0.4, -0.2) is 21.7 Å². The number of nitrogen functional groups attached to an aromatic ring is 1. The molecule has 1 saturated carbocycles. The van der Waals surface area contributed by atoms with E-state index in [0.717, 1.165) is 18.4 Å². The lowest BCUT2D eigenvalue weighted by atomic mass is 9.95. The smallest absolute Gasteiger partial charge is 0.244 e. The molecular formula is C13H22N4O. The van der Waals surface area contributed by atoms with Crippen LogP contribution in [0.4, 0.5) is 5.82 Å². The number of aryl methyl sites for hydroxylation is 1. The molecule has 1 amide bonds. The van der Waals surface area contributed by atoms with Crippen LogP contribution in [0.25, 0.3) is 0 Å². The number of nitrogens with one attached hydrogen (secondary N) is 1. The van der Waals surface area contributed by atoms with E-state index in [0.29, 0.717) is 11.9 Å². The van der Waals surface area contributed by atoms with Crippen LogP contribution in [-0.2, 0) is 4.79 Å². The van der Waals surface area contributed by atoms with Crippen LogP contribution in [0.5, 0.6) is 0 Å². The average molecular weight is 250 g/mol. The van der Waals surface area contributed by atoms with Crippen molar-refractivity contribution in [3.8, 4) is 0 Å². The second-order valence-electron chi connectivity index (χ2n) is 5.20. The zero-order valence-corrected chi connectivity index (χ0v) is 11.1. The van der Waals surface area contributed by atoms with Crippen LogP contribution in [0, 0.1) is 6.92 Å². The van der Waals surface area contributed by atoms with Gasteiger partial charge >= 0.3 is 0 Å². The van der Waals surface area contributed by atoms with Gasteiger partial charge < -0.3 is 11.1 Å². The van der Waals surface area contributed by atoms with Gasteiger partial charge in [0.25, 0.3) is 0 Å². The fourth-order valence-corrected chi connectivity index (χ4v) is 2.38. The minimum Gasteiger partial charge on any atom is -0.382 e. The lowest BCUT2D eigenvalue weighted by molar-refractivity contribution is -0.125. The van der Waals surface area contributed by atoms with Gasteiger partial charge in [-0.25, -0.2) is 0 Å². The lowest BCUT2D eigenvalue weighted by Crippen LogP contribution is -2.40. The summed E-state index contributed by atoms with van der Waals surface area (Å²) in [7, 11) is 0. The van der Waals surface area contributed by atoms with Crippen LogP contribution in [0.1, 0.15) is 50.6 Å². The highest BCUT2D eigenvalue weighted by atomic mass is 16.2. The maximum Gasteiger partial charge on any atom is 0.244 e. The van der Waals surface area contributed by atoms with Gasteiger partial charge in [0.05, 0.1) is 0 Å². The first kappa shape index (κ1) is 12.9. The van der Waals surface area contributed by atoms with Crippen LogP contribution in [0.15, 0.2) is 6.20 Å². The fraction of sp³-hybridized carbons (Fsp3) is 0.692. The zero-order chi connectivity index (χ0) is 13.1. The highest BCUT2D eigenvalue weighted by Crippen LogP contribution is 2.18. The van der Waals surface area contributed by atoms with E-state index in [1.54, 1.807) is 4.68 Å². The Bertz CT molecular complexity index is 401. The highest BCUT2D eigenvalue weighted by Gasteiger charge is 2.21. The number of carbonyl (C=O) groups is 1. The molecule has 0 aliphatic heterocycles. The second-order valence-corrected chi connectivity index (χ2v) is 5.20. The lowest BCUT2D eigenvalue weighted by Gasteiger charge is -2.24. The summed E-state index contributed by atoms with van der Waals surface area (Å²) in [6.45, 7) is 3.74. The van der Waals surface area contributed by atoms with E-state index in [9.17, 15) is 4.79 Å². The molecule has 1 atom stereocenters. The van der Waals surface area contributed by atoms with E-state index in [4.69, 9.17) is 5.73 Å². The molecule has 100 valence electrons. The van der Waals surface area contributed by atoms with Crippen molar-refractivity contribution < 1.29 is 4.79 Å². The standard InChI is InChI=1S/C13H22N4O/c1-9-8-17(16-12(9)14)10(2)13(18)15-11-6-4-3-5-7-11/h8,10-11H,3-7H2,1-2H3,(H2,14,16)(H,15,18). The molecule has 0 aromatic carbocycles. The number of anilines is 1. The van der Waals surface area contributed by atoms with Gasteiger partial charge in [-0.3, -0.25) is 9.48 Å². The van der Waals surface area contributed by atoms with E-state index in [1.807, 2.05) is 20.0 Å². The van der Waals surface area contributed by atoms with Crippen molar-refractivity contribution in [2.45, 2.75) is 58.0 Å². The topological polar surface area (TPSA) is 72.9 Å².